The molecule has 0 aromatic heterocycles. The first-order valence-electron chi connectivity index (χ1n) is 10.2. The van der Waals surface area contributed by atoms with E-state index in [1.165, 1.54) is 61.4 Å². The molecule has 4 rings (SSSR count). The SMILES string of the molecule is CCC1=C(CC)C(=C(c2ccccc2)c2ccccc2)[C]([Zr+2])=C1C1=CC=CC1.[Cl-].[Cl-]. The summed E-state index contributed by atoms with van der Waals surface area (Å²) >= 11 is 1.50. The predicted octanol–water partition coefficient (Wildman–Crippen LogP) is 1.31. The molecule has 0 unspecified atom stereocenters. The second-order valence-electron chi connectivity index (χ2n) is 7.22. The zero-order chi connectivity index (χ0) is 19.5. The topological polar surface area (TPSA) is 0 Å². The summed E-state index contributed by atoms with van der Waals surface area (Å²) in [6.45, 7) is 4.62. The first-order valence-corrected chi connectivity index (χ1v) is 11.4. The molecule has 30 heavy (non-hydrogen) atoms. The Morgan fingerprint density at radius 2 is 1.33 bits per heavy atom. The van der Waals surface area contributed by atoms with Gasteiger partial charge in [-0.05, 0) is 0 Å². The Hall–Kier alpha value is -1.40. The van der Waals surface area contributed by atoms with Crippen LogP contribution in [0.4, 0.5) is 0 Å². The van der Waals surface area contributed by atoms with Crippen LogP contribution in [0, 0.1) is 0 Å². The molecular formula is C27H25Cl2Zr. The Kier molecular flexibility index (Phi) is 9.36. The Labute approximate surface area is 208 Å². The molecule has 0 spiro atoms. The largest absolute Gasteiger partial charge is 1.00 e. The van der Waals surface area contributed by atoms with Gasteiger partial charge in [-0.15, -0.1) is 0 Å². The molecule has 0 radical (unpaired) electrons. The maximum absolute atomic E-state index is 2.32. The summed E-state index contributed by atoms with van der Waals surface area (Å²) in [5, 5.41) is 0. The maximum atomic E-state index is 2.32. The summed E-state index contributed by atoms with van der Waals surface area (Å²) < 4.78 is 1.53. The minimum absolute atomic E-state index is 0. The second kappa shape index (κ2) is 11.3. The standard InChI is InChI=1S/C27H25.2ClH.Zr/c1-3-23-24(4-2)26(19-25(23)20-13-11-12-14-20)27(21-15-7-5-8-16-21)22-17-9-6-10-18-22;;;/h5-13,15-18H,3-4,14H2,1-2H3;2*1H;/q;;;+2/p-2. The van der Waals surface area contributed by atoms with E-state index in [2.05, 4.69) is 92.7 Å². The normalized spacial score (nSPS) is 15.2. The van der Waals surface area contributed by atoms with Crippen molar-refractivity contribution in [3.63, 3.8) is 0 Å². The number of allylic oxidation sites excluding steroid dienone is 9. The monoisotopic (exact) mass is 509 g/mol. The molecule has 2 aliphatic carbocycles. The van der Waals surface area contributed by atoms with E-state index in [-0.39, 0.29) is 24.8 Å². The number of hydrogen-bond donors (Lipinski definition) is 0. The van der Waals surface area contributed by atoms with Gasteiger partial charge >= 0.3 is 185 Å². The van der Waals surface area contributed by atoms with E-state index < -0.39 is 0 Å². The molecule has 0 N–H and O–H groups in total. The van der Waals surface area contributed by atoms with Crippen LogP contribution in [0.3, 0.4) is 0 Å². The van der Waals surface area contributed by atoms with Gasteiger partial charge in [0, 0.05) is 0 Å². The summed E-state index contributed by atoms with van der Waals surface area (Å²) in [7, 11) is 0. The third-order valence-corrected chi connectivity index (χ3v) is 6.87. The van der Waals surface area contributed by atoms with Crippen LogP contribution in [0.1, 0.15) is 44.2 Å². The van der Waals surface area contributed by atoms with E-state index >= 15 is 0 Å². The molecule has 2 aromatic rings. The minimum atomic E-state index is 0. The second-order valence-corrected chi connectivity index (χ2v) is 8.45. The minimum Gasteiger partial charge on any atom is -1.00 e. The average molecular weight is 512 g/mol. The van der Waals surface area contributed by atoms with Gasteiger partial charge < -0.3 is 24.8 Å². The average Bonchev–Trinajstić information content (AvgIpc) is 3.36. The summed E-state index contributed by atoms with van der Waals surface area (Å²) in [5.74, 6) is 0. The zero-order valence-electron chi connectivity index (χ0n) is 17.4. The smallest absolute Gasteiger partial charge is 1.00 e. The number of hydrogen-bond acceptors (Lipinski definition) is 0. The van der Waals surface area contributed by atoms with Crippen molar-refractivity contribution in [2.24, 2.45) is 0 Å². The van der Waals surface area contributed by atoms with Gasteiger partial charge in [0.2, 0.25) is 0 Å². The molecule has 0 amide bonds. The van der Waals surface area contributed by atoms with E-state index in [1.54, 1.807) is 11.1 Å². The molecule has 0 nitrogen and oxygen atoms in total. The van der Waals surface area contributed by atoms with Crippen LogP contribution in [0.2, 0.25) is 0 Å². The van der Waals surface area contributed by atoms with Gasteiger partial charge in [-0.1, -0.05) is 0 Å². The Bertz CT molecular complexity index is 997. The predicted molar refractivity (Wildman–Crippen MR) is 115 cm³/mol. The number of benzene rings is 2. The van der Waals surface area contributed by atoms with Crippen molar-refractivity contribution < 1.29 is 49.5 Å². The van der Waals surface area contributed by atoms with E-state index in [4.69, 9.17) is 0 Å². The van der Waals surface area contributed by atoms with Crippen molar-refractivity contribution in [1.82, 2.24) is 0 Å². The summed E-state index contributed by atoms with van der Waals surface area (Å²) in [6.07, 6.45) is 10.0. The van der Waals surface area contributed by atoms with Crippen LogP contribution in [-0.2, 0) is 24.7 Å². The maximum Gasteiger partial charge on any atom is -1.00 e. The first-order chi connectivity index (χ1) is 13.8. The molecule has 3 heteroatoms. The Balaban J connectivity index is 0.00000160. The molecule has 2 aromatic carbocycles. The van der Waals surface area contributed by atoms with Crippen LogP contribution in [-0.4, -0.2) is 0 Å². The number of rotatable bonds is 5. The van der Waals surface area contributed by atoms with Crippen LogP contribution < -0.4 is 24.8 Å². The fourth-order valence-electron chi connectivity index (χ4n) is 4.44. The quantitative estimate of drug-likeness (QED) is 0.568. The van der Waals surface area contributed by atoms with Crippen molar-refractivity contribution in [1.29, 1.82) is 0 Å². The molecular weight excluding hydrogens is 486 g/mol. The van der Waals surface area contributed by atoms with Crippen LogP contribution in [0.5, 0.6) is 0 Å². The molecule has 0 atom stereocenters. The van der Waals surface area contributed by atoms with Crippen molar-refractivity contribution in [3.8, 4) is 0 Å². The van der Waals surface area contributed by atoms with Crippen molar-refractivity contribution >= 4 is 5.57 Å². The molecule has 0 fully saturated rings. The molecule has 0 aliphatic heterocycles. The van der Waals surface area contributed by atoms with Gasteiger partial charge in [-0.25, -0.2) is 0 Å². The summed E-state index contributed by atoms with van der Waals surface area (Å²) in [5.41, 5.74) is 11.6. The summed E-state index contributed by atoms with van der Waals surface area (Å²) in [4.78, 5) is 0. The van der Waals surface area contributed by atoms with Gasteiger partial charge in [-0.2, -0.15) is 0 Å². The van der Waals surface area contributed by atoms with Gasteiger partial charge in [-0.3, -0.25) is 0 Å². The fraction of sp³-hybridized carbons (Fsp3) is 0.185. The van der Waals surface area contributed by atoms with Crippen molar-refractivity contribution in [3.05, 3.63) is 121 Å². The Morgan fingerprint density at radius 3 is 1.77 bits per heavy atom. The molecule has 0 heterocycles. The molecule has 0 saturated heterocycles. The van der Waals surface area contributed by atoms with Crippen LogP contribution >= 0.6 is 0 Å². The molecule has 0 bridgehead atoms. The van der Waals surface area contributed by atoms with E-state index in [1.807, 2.05) is 0 Å². The third kappa shape index (κ3) is 4.60. The molecule has 151 valence electrons. The third-order valence-electron chi connectivity index (χ3n) is 5.64. The van der Waals surface area contributed by atoms with E-state index in [0.29, 0.717) is 0 Å². The fourth-order valence-corrected chi connectivity index (χ4v) is 5.88. The van der Waals surface area contributed by atoms with Gasteiger partial charge in [0.15, 0.2) is 0 Å². The first kappa shape index (κ1) is 24.9. The van der Waals surface area contributed by atoms with Gasteiger partial charge in [0.05, 0.1) is 0 Å². The zero-order valence-corrected chi connectivity index (χ0v) is 21.4. The van der Waals surface area contributed by atoms with E-state index in [9.17, 15) is 0 Å². The van der Waals surface area contributed by atoms with Crippen LogP contribution in [0.15, 0.2) is 110 Å². The van der Waals surface area contributed by atoms with Gasteiger partial charge in [0.25, 0.3) is 0 Å². The molecule has 0 saturated carbocycles. The van der Waals surface area contributed by atoms with Gasteiger partial charge in [0.1, 0.15) is 0 Å². The van der Waals surface area contributed by atoms with Crippen molar-refractivity contribution in [2.45, 2.75) is 33.1 Å². The van der Waals surface area contributed by atoms with E-state index in [0.717, 1.165) is 19.3 Å². The van der Waals surface area contributed by atoms with Crippen molar-refractivity contribution in [2.75, 3.05) is 0 Å². The summed E-state index contributed by atoms with van der Waals surface area (Å²) in [6, 6.07) is 21.8. The Morgan fingerprint density at radius 1 is 0.800 bits per heavy atom. The number of halogens is 2. The molecule has 2 aliphatic rings. The van der Waals surface area contributed by atoms with Crippen LogP contribution in [0.25, 0.3) is 5.57 Å².